The standard InChI is InChI=1S/C8H16N2O2/c1-7(11)4-5-9-8(12)6-10(2)3/h4-6H2,1-3H3,(H,9,12). The van der Waals surface area contributed by atoms with Crippen LogP contribution in [0.1, 0.15) is 13.3 Å². The molecule has 0 aliphatic rings. The van der Waals surface area contributed by atoms with Crippen LogP contribution in [0.4, 0.5) is 0 Å². The third-order valence-electron chi connectivity index (χ3n) is 1.26. The van der Waals surface area contributed by atoms with Gasteiger partial charge < -0.3 is 10.2 Å². The molecule has 4 heteroatoms. The highest BCUT2D eigenvalue weighted by atomic mass is 16.2. The van der Waals surface area contributed by atoms with E-state index in [4.69, 9.17) is 0 Å². The van der Waals surface area contributed by atoms with Crippen LogP contribution in [0.25, 0.3) is 0 Å². The molecule has 0 aromatic heterocycles. The topological polar surface area (TPSA) is 49.4 Å². The highest BCUT2D eigenvalue weighted by molar-refractivity contribution is 5.79. The van der Waals surface area contributed by atoms with Crippen LogP contribution < -0.4 is 5.32 Å². The molecule has 1 N–H and O–H groups in total. The molecule has 0 aliphatic carbocycles. The zero-order chi connectivity index (χ0) is 9.56. The van der Waals surface area contributed by atoms with Crippen molar-refractivity contribution < 1.29 is 9.59 Å². The van der Waals surface area contributed by atoms with E-state index < -0.39 is 0 Å². The molecule has 12 heavy (non-hydrogen) atoms. The zero-order valence-electron chi connectivity index (χ0n) is 7.89. The van der Waals surface area contributed by atoms with Gasteiger partial charge in [-0.05, 0) is 21.0 Å². The Bertz CT molecular complexity index is 166. The fourth-order valence-electron chi connectivity index (χ4n) is 0.721. The highest BCUT2D eigenvalue weighted by Gasteiger charge is 2.01. The smallest absolute Gasteiger partial charge is 0.234 e. The summed E-state index contributed by atoms with van der Waals surface area (Å²) in [7, 11) is 3.65. The molecule has 0 fully saturated rings. The third-order valence-corrected chi connectivity index (χ3v) is 1.26. The minimum absolute atomic E-state index is 0.0405. The molecule has 0 aromatic rings. The Kier molecular flexibility index (Phi) is 5.28. The number of carbonyl (C=O) groups excluding carboxylic acids is 2. The van der Waals surface area contributed by atoms with Crippen LogP contribution >= 0.6 is 0 Å². The summed E-state index contributed by atoms with van der Waals surface area (Å²) in [5, 5.41) is 2.64. The van der Waals surface area contributed by atoms with E-state index in [9.17, 15) is 9.59 Å². The summed E-state index contributed by atoms with van der Waals surface area (Å²) >= 11 is 0. The van der Waals surface area contributed by atoms with Gasteiger partial charge in [-0.3, -0.25) is 9.59 Å². The number of rotatable bonds is 5. The van der Waals surface area contributed by atoms with Crippen LogP contribution in [-0.2, 0) is 9.59 Å². The average molecular weight is 172 g/mol. The molecule has 4 nitrogen and oxygen atoms in total. The summed E-state index contributed by atoms with van der Waals surface area (Å²) in [5.41, 5.74) is 0. The lowest BCUT2D eigenvalue weighted by atomic mass is 10.3. The second-order valence-corrected chi connectivity index (χ2v) is 3.04. The van der Waals surface area contributed by atoms with Crippen molar-refractivity contribution in [2.24, 2.45) is 0 Å². The van der Waals surface area contributed by atoms with E-state index in [1.54, 1.807) is 4.90 Å². The molecular formula is C8H16N2O2. The number of amides is 1. The number of nitrogens with one attached hydrogen (secondary N) is 1. The second kappa shape index (κ2) is 5.71. The minimum Gasteiger partial charge on any atom is -0.355 e. The summed E-state index contributed by atoms with van der Waals surface area (Å²) in [5.74, 6) is 0.0569. The summed E-state index contributed by atoms with van der Waals surface area (Å²) < 4.78 is 0. The first-order valence-electron chi connectivity index (χ1n) is 3.93. The van der Waals surface area contributed by atoms with Crippen molar-refractivity contribution in [2.75, 3.05) is 27.2 Å². The predicted molar refractivity (Wildman–Crippen MR) is 46.9 cm³/mol. The zero-order valence-corrected chi connectivity index (χ0v) is 7.89. The van der Waals surface area contributed by atoms with E-state index in [0.29, 0.717) is 19.5 Å². The first kappa shape index (κ1) is 11.1. The van der Waals surface area contributed by atoms with E-state index in [-0.39, 0.29) is 11.7 Å². The Hall–Kier alpha value is -0.900. The molecular weight excluding hydrogens is 156 g/mol. The van der Waals surface area contributed by atoms with Gasteiger partial charge in [0, 0.05) is 13.0 Å². The second-order valence-electron chi connectivity index (χ2n) is 3.04. The van der Waals surface area contributed by atoms with Crippen LogP contribution in [0.2, 0.25) is 0 Å². The maximum atomic E-state index is 11.0. The number of nitrogens with zero attached hydrogens (tertiary/aromatic N) is 1. The van der Waals surface area contributed by atoms with Crippen molar-refractivity contribution in [3.8, 4) is 0 Å². The van der Waals surface area contributed by atoms with Gasteiger partial charge in [-0.2, -0.15) is 0 Å². The van der Waals surface area contributed by atoms with E-state index in [1.165, 1.54) is 6.92 Å². The molecule has 0 aromatic carbocycles. The van der Waals surface area contributed by atoms with Gasteiger partial charge in [0.2, 0.25) is 5.91 Å². The number of ketones is 1. The Balaban J connectivity index is 3.38. The molecule has 0 spiro atoms. The molecule has 0 saturated heterocycles. The number of carbonyl (C=O) groups is 2. The average Bonchev–Trinajstić information content (AvgIpc) is 1.84. The van der Waals surface area contributed by atoms with E-state index in [0.717, 1.165) is 0 Å². The molecule has 0 aliphatic heterocycles. The van der Waals surface area contributed by atoms with Gasteiger partial charge in [-0.1, -0.05) is 0 Å². The van der Waals surface area contributed by atoms with E-state index >= 15 is 0 Å². The van der Waals surface area contributed by atoms with Crippen LogP contribution in [0.15, 0.2) is 0 Å². The number of Topliss-reactive ketones (excluding diaryl/α,β-unsaturated/α-hetero) is 1. The number of likely N-dealkylation sites (N-methyl/N-ethyl adjacent to an activating group) is 1. The van der Waals surface area contributed by atoms with Gasteiger partial charge >= 0.3 is 0 Å². The van der Waals surface area contributed by atoms with Crippen LogP contribution in [0.3, 0.4) is 0 Å². The van der Waals surface area contributed by atoms with Gasteiger partial charge in [0.1, 0.15) is 5.78 Å². The van der Waals surface area contributed by atoms with Crippen LogP contribution in [0.5, 0.6) is 0 Å². The normalized spacial score (nSPS) is 10.0. The molecule has 1 amide bonds. The monoisotopic (exact) mass is 172 g/mol. The van der Waals surface area contributed by atoms with Gasteiger partial charge in [-0.25, -0.2) is 0 Å². The van der Waals surface area contributed by atoms with Crippen molar-refractivity contribution in [1.82, 2.24) is 10.2 Å². The molecule has 0 heterocycles. The van der Waals surface area contributed by atoms with Gasteiger partial charge in [0.15, 0.2) is 0 Å². The Morgan fingerprint density at radius 1 is 1.33 bits per heavy atom. The molecule has 0 rings (SSSR count). The van der Waals surface area contributed by atoms with Gasteiger partial charge in [-0.15, -0.1) is 0 Å². The maximum Gasteiger partial charge on any atom is 0.234 e. The van der Waals surface area contributed by atoms with Crippen LogP contribution in [-0.4, -0.2) is 43.8 Å². The Labute approximate surface area is 72.9 Å². The fourth-order valence-corrected chi connectivity index (χ4v) is 0.721. The van der Waals surface area contributed by atoms with E-state index in [1.807, 2.05) is 14.1 Å². The lowest BCUT2D eigenvalue weighted by molar-refractivity contribution is -0.121. The molecule has 0 unspecified atom stereocenters. The first-order chi connectivity index (χ1) is 5.52. The SMILES string of the molecule is CC(=O)CCNC(=O)CN(C)C. The maximum absolute atomic E-state index is 11.0. The number of hydrogen-bond acceptors (Lipinski definition) is 3. The molecule has 70 valence electrons. The lowest BCUT2D eigenvalue weighted by Gasteiger charge is -2.08. The minimum atomic E-state index is -0.0405. The summed E-state index contributed by atoms with van der Waals surface area (Å²) in [6.45, 7) is 2.33. The Morgan fingerprint density at radius 3 is 2.33 bits per heavy atom. The molecule has 0 saturated carbocycles. The van der Waals surface area contributed by atoms with Crippen molar-refractivity contribution in [1.29, 1.82) is 0 Å². The Morgan fingerprint density at radius 2 is 1.92 bits per heavy atom. The summed E-state index contributed by atoms with van der Waals surface area (Å²) in [6, 6.07) is 0. The molecule has 0 radical (unpaired) electrons. The van der Waals surface area contributed by atoms with Crippen molar-refractivity contribution in [3.63, 3.8) is 0 Å². The van der Waals surface area contributed by atoms with Crippen LogP contribution in [0, 0.1) is 0 Å². The first-order valence-corrected chi connectivity index (χ1v) is 3.93. The van der Waals surface area contributed by atoms with Crippen molar-refractivity contribution >= 4 is 11.7 Å². The third kappa shape index (κ3) is 7.21. The molecule has 0 bridgehead atoms. The number of hydrogen-bond donors (Lipinski definition) is 1. The van der Waals surface area contributed by atoms with Crippen molar-refractivity contribution in [3.05, 3.63) is 0 Å². The quantitative estimate of drug-likeness (QED) is 0.616. The van der Waals surface area contributed by atoms with E-state index in [2.05, 4.69) is 5.32 Å². The predicted octanol–water partition coefficient (Wildman–Crippen LogP) is -0.357. The fraction of sp³-hybridized carbons (Fsp3) is 0.750. The van der Waals surface area contributed by atoms with Gasteiger partial charge in [0.25, 0.3) is 0 Å². The highest BCUT2D eigenvalue weighted by Crippen LogP contribution is 1.79. The lowest BCUT2D eigenvalue weighted by Crippen LogP contribution is -2.34. The van der Waals surface area contributed by atoms with Gasteiger partial charge in [0.05, 0.1) is 6.54 Å². The summed E-state index contributed by atoms with van der Waals surface area (Å²) in [4.78, 5) is 23.2. The molecule has 0 atom stereocenters. The largest absolute Gasteiger partial charge is 0.355 e. The summed E-state index contributed by atoms with van der Waals surface area (Å²) in [6.07, 6.45) is 0.416. The van der Waals surface area contributed by atoms with Crippen molar-refractivity contribution in [2.45, 2.75) is 13.3 Å².